The van der Waals surface area contributed by atoms with Crippen LogP contribution >= 0.6 is 11.3 Å². The number of nitrogens with zero attached hydrogens (tertiary/aromatic N) is 3. The second-order valence-electron chi connectivity index (χ2n) is 3.76. The molecule has 0 radical (unpaired) electrons. The number of rotatable bonds is 2. The zero-order valence-corrected chi connectivity index (χ0v) is 9.94. The van der Waals surface area contributed by atoms with Crippen LogP contribution in [0.1, 0.15) is 16.1 Å². The van der Waals surface area contributed by atoms with E-state index < -0.39 is 0 Å². The van der Waals surface area contributed by atoms with Gasteiger partial charge in [-0.1, -0.05) is 0 Å². The van der Waals surface area contributed by atoms with Crippen molar-refractivity contribution >= 4 is 23.3 Å². The van der Waals surface area contributed by atoms with Crippen LogP contribution in [0.4, 0.5) is 0 Å². The third-order valence-corrected chi connectivity index (χ3v) is 3.44. The lowest BCUT2D eigenvalue weighted by Gasteiger charge is -1.91. The molecule has 0 aliphatic carbocycles. The predicted molar refractivity (Wildman–Crippen MR) is 66.4 cm³/mol. The van der Waals surface area contributed by atoms with Crippen LogP contribution in [0, 0.1) is 6.92 Å². The Labute approximate surface area is 102 Å². The highest BCUT2D eigenvalue weighted by molar-refractivity contribution is 7.13. The highest BCUT2D eigenvalue weighted by Gasteiger charge is 2.07. The van der Waals surface area contributed by atoms with Gasteiger partial charge in [0.2, 0.25) is 0 Å². The minimum atomic E-state index is 0.630. The SMILES string of the molecule is Cc1csc(-c2cn3ccc(C=O)cc3n2)n1. The Bertz CT molecular complexity index is 699. The number of carbonyl (C=O) groups is 1. The van der Waals surface area contributed by atoms with Crippen LogP contribution in [-0.2, 0) is 0 Å². The largest absolute Gasteiger partial charge is 0.306 e. The zero-order valence-electron chi connectivity index (χ0n) is 9.12. The van der Waals surface area contributed by atoms with Crippen LogP contribution in [0.2, 0.25) is 0 Å². The summed E-state index contributed by atoms with van der Waals surface area (Å²) in [6.45, 7) is 1.96. The summed E-state index contributed by atoms with van der Waals surface area (Å²) in [7, 11) is 0. The summed E-state index contributed by atoms with van der Waals surface area (Å²) in [5.74, 6) is 0. The lowest BCUT2D eigenvalue weighted by Crippen LogP contribution is -1.85. The molecule has 3 aromatic heterocycles. The van der Waals surface area contributed by atoms with Gasteiger partial charge in [-0.15, -0.1) is 11.3 Å². The fraction of sp³-hybridized carbons (Fsp3) is 0.0833. The van der Waals surface area contributed by atoms with Crippen LogP contribution in [0.5, 0.6) is 0 Å². The number of imidazole rings is 1. The maximum Gasteiger partial charge on any atom is 0.150 e. The van der Waals surface area contributed by atoms with Crippen molar-refractivity contribution in [1.82, 2.24) is 14.4 Å². The van der Waals surface area contributed by atoms with Gasteiger partial charge in [-0.2, -0.15) is 0 Å². The van der Waals surface area contributed by atoms with Crippen LogP contribution < -0.4 is 0 Å². The normalized spacial score (nSPS) is 10.9. The fourth-order valence-corrected chi connectivity index (χ4v) is 2.40. The first-order valence-corrected chi connectivity index (χ1v) is 6.00. The number of thiazole rings is 1. The van der Waals surface area contributed by atoms with Gasteiger partial charge in [0.05, 0.1) is 0 Å². The molecular formula is C12H9N3OS. The van der Waals surface area contributed by atoms with Crippen molar-refractivity contribution in [1.29, 1.82) is 0 Å². The highest BCUT2D eigenvalue weighted by Crippen LogP contribution is 2.23. The molecule has 3 heterocycles. The summed E-state index contributed by atoms with van der Waals surface area (Å²) in [6.07, 6.45) is 4.57. The first-order valence-electron chi connectivity index (χ1n) is 5.13. The average Bonchev–Trinajstić information content (AvgIpc) is 2.93. The third kappa shape index (κ3) is 1.74. The summed E-state index contributed by atoms with van der Waals surface area (Å²) >= 11 is 1.57. The van der Waals surface area contributed by atoms with E-state index in [0.29, 0.717) is 5.56 Å². The Balaban J connectivity index is 2.16. The molecule has 0 fully saturated rings. The quantitative estimate of drug-likeness (QED) is 0.650. The molecule has 0 amide bonds. The van der Waals surface area contributed by atoms with E-state index in [1.165, 1.54) is 0 Å². The summed E-state index contributed by atoms with van der Waals surface area (Å²) in [5, 5.41) is 2.90. The monoisotopic (exact) mass is 243 g/mol. The Morgan fingerprint density at radius 2 is 2.29 bits per heavy atom. The van der Waals surface area contributed by atoms with Crippen molar-refractivity contribution < 1.29 is 4.79 Å². The maximum atomic E-state index is 10.7. The van der Waals surface area contributed by atoms with Gasteiger partial charge < -0.3 is 4.40 Å². The summed E-state index contributed by atoms with van der Waals surface area (Å²) in [6, 6.07) is 3.52. The average molecular weight is 243 g/mol. The fourth-order valence-electron chi connectivity index (χ4n) is 1.65. The smallest absolute Gasteiger partial charge is 0.150 e. The maximum absolute atomic E-state index is 10.7. The van der Waals surface area contributed by atoms with E-state index >= 15 is 0 Å². The summed E-state index contributed by atoms with van der Waals surface area (Å²) in [4.78, 5) is 19.5. The Kier molecular flexibility index (Phi) is 2.26. The lowest BCUT2D eigenvalue weighted by molar-refractivity contribution is 0.112. The van der Waals surface area contributed by atoms with Gasteiger partial charge in [-0.05, 0) is 19.1 Å². The molecule has 17 heavy (non-hydrogen) atoms. The molecule has 3 aromatic rings. The summed E-state index contributed by atoms with van der Waals surface area (Å²) in [5.41, 5.74) is 3.23. The molecule has 0 N–H and O–H groups in total. The molecule has 0 aromatic carbocycles. The van der Waals surface area contributed by atoms with Crippen molar-refractivity contribution in [2.75, 3.05) is 0 Å². The van der Waals surface area contributed by atoms with E-state index in [4.69, 9.17) is 0 Å². The molecule has 3 rings (SSSR count). The molecule has 0 bridgehead atoms. The topological polar surface area (TPSA) is 47.3 Å². The van der Waals surface area contributed by atoms with Gasteiger partial charge >= 0.3 is 0 Å². The number of carbonyl (C=O) groups excluding carboxylic acids is 1. The molecule has 0 aliphatic rings. The molecular weight excluding hydrogens is 234 g/mol. The standard InChI is InChI=1S/C12H9N3OS/c1-8-7-17-12(13-8)10-5-15-3-2-9(6-16)4-11(15)14-10/h2-7H,1H3. The molecule has 0 saturated heterocycles. The number of fused-ring (bicyclic) bond motifs is 1. The highest BCUT2D eigenvalue weighted by atomic mass is 32.1. The van der Waals surface area contributed by atoms with Crippen LogP contribution in [-0.4, -0.2) is 20.7 Å². The second kappa shape index (κ2) is 3.78. The molecule has 4 nitrogen and oxygen atoms in total. The second-order valence-corrected chi connectivity index (χ2v) is 4.62. The van der Waals surface area contributed by atoms with Crippen molar-refractivity contribution in [3.63, 3.8) is 0 Å². The summed E-state index contributed by atoms with van der Waals surface area (Å²) < 4.78 is 1.89. The molecule has 0 atom stereocenters. The Morgan fingerprint density at radius 3 is 3.00 bits per heavy atom. The number of aromatic nitrogens is 3. The van der Waals surface area contributed by atoms with Crippen molar-refractivity contribution in [2.45, 2.75) is 6.92 Å². The number of aryl methyl sites for hydroxylation is 1. The molecule has 0 saturated carbocycles. The minimum absolute atomic E-state index is 0.630. The van der Waals surface area contributed by atoms with Crippen LogP contribution in [0.3, 0.4) is 0 Å². The minimum Gasteiger partial charge on any atom is -0.306 e. The van der Waals surface area contributed by atoms with Crippen LogP contribution in [0.25, 0.3) is 16.3 Å². The number of hydrogen-bond acceptors (Lipinski definition) is 4. The van der Waals surface area contributed by atoms with Crippen molar-refractivity contribution in [2.24, 2.45) is 0 Å². The lowest BCUT2D eigenvalue weighted by atomic mass is 10.3. The van der Waals surface area contributed by atoms with Gasteiger partial charge in [0.1, 0.15) is 22.6 Å². The molecule has 0 aliphatic heterocycles. The third-order valence-electron chi connectivity index (χ3n) is 2.46. The van der Waals surface area contributed by atoms with Crippen LogP contribution in [0.15, 0.2) is 29.9 Å². The molecule has 0 spiro atoms. The Morgan fingerprint density at radius 1 is 1.41 bits per heavy atom. The number of pyridine rings is 1. The molecule has 5 heteroatoms. The van der Waals surface area contributed by atoms with Gasteiger partial charge in [-0.25, -0.2) is 9.97 Å². The first-order chi connectivity index (χ1) is 8.26. The molecule has 0 unspecified atom stereocenters. The van der Waals surface area contributed by atoms with Gasteiger partial charge in [0.25, 0.3) is 0 Å². The van der Waals surface area contributed by atoms with E-state index in [1.54, 1.807) is 23.5 Å². The zero-order chi connectivity index (χ0) is 11.8. The van der Waals surface area contributed by atoms with Gasteiger partial charge in [0, 0.05) is 29.0 Å². The van der Waals surface area contributed by atoms with Crippen molar-refractivity contribution in [3.05, 3.63) is 41.2 Å². The Hall–Kier alpha value is -2.01. The van der Waals surface area contributed by atoms with Crippen molar-refractivity contribution in [3.8, 4) is 10.7 Å². The predicted octanol–water partition coefficient (Wildman–Crippen LogP) is 2.58. The van der Waals surface area contributed by atoms with Gasteiger partial charge in [-0.3, -0.25) is 4.79 Å². The van der Waals surface area contributed by atoms with Gasteiger partial charge in [0.15, 0.2) is 0 Å². The van der Waals surface area contributed by atoms with E-state index in [-0.39, 0.29) is 0 Å². The first kappa shape index (κ1) is 10.2. The number of aldehydes is 1. The van der Waals surface area contributed by atoms with E-state index in [2.05, 4.69) is 9.97 Å². The van der Waals surface area contributed by atoms with E-state index in [9.17, 15) is 4.79 Å². The molecule has 84 valence electrons. The number of hydrogen-bond donors (Lipinski definition) is 0. The van der Waals surface area contributed by atoms with E-state index in [1.807, 2.05) is 29.1 Å². The van der Waals surface area contributed by atoms with E-state index in [0.717, 1.165) is 28.3 Å².